The maximum absolute atomic E-state index is 12.2. The van der Waals surface area contributed by atoms with Crippen LogP contribution >= 0.6 is 0 Å². The molecule has 2 rings (SSSR count). The quantitative estimate of drug-likeness (QED) is 0.721. The minimum Gasteiger partial charge on any atom is -0.497 e. The van der Waals surface area contributed by atoms with Gasteiger partial charge in [-0.25, -0.2) is 4.79 Å². The zero-order valence-electron chi connectivity index (χ0n) is 16.0. The Hall–Kier alpha value is -3.02. The number of methoxy groups -OCH3 is 1. The lowest BCUT2D eigenvalue weighted by molar-refractivity contribution is -0.129. The molecule has 0 aliphatic carbocycles. The molecule has 6 nitrogen and oxygen atoms in total. The fraction of sp³-hybridized carbons (Fsp3) is 0.333. The van der Waals surface area contributed by atoms with E-state index in [1.54, 1.807) is 31.4 Å². The van der Waals surface area contributed by atoms with Crippen LogP contribution in [0.2, 0.25) is 0 Å². The van der Waals surface area contributed by atoms with Crippen molar-refractivity contribution in [3.8, 4) is 11.5 Å². The van der Waals surface area contributed by atoms with E-state index in [0.717, 1.165) is 11.3 Å². The summed E-state index contributed by atoms with van der Waals surface area (Å²) in [7, 11) is 1.59. The predicted octanol–water partition coefficient (Wildman–Crippen LogP) is 3.34. The fourth-order valence-corrected chi connectivity index (χ4v) is 2.30. The maximum atomic E-state index is 12.2. The van der Waals surface area contributed by atoms with Crippen molar-refractivity contribution in [1.29, 1.82) is 0 Å². The van der Waals surface area contributed by atoms with Crippen molar-refractivity contribution in [2.45, 2.75) is 39.5 Å². The number of hydrogen-bond donors (Lipinski definition) is 1. The van der Waals surface area contributed by atoms with Crippen LogP contribution in [-0.2, 0) is 16.1 Å². The van der Waals surface area contributed by atoms with Crippen LogP contribution in [0, 0.1) is 0 Å². The molecule has 0 fully saturated rings. The average molecular weight is 371 g/mol. The van der Waals surface area contributed by atoms with E-state index < -0.39 is 12.1 Å². The Morgan fingerprint density at radius 3 is 2.07 bits per heavy atom. The summed E-state index contributed by atoms with van der Waals surface area (Å²) in [6.45, 7) is 5.73. The van der Waals surface area contributed by atoms with Crippen molar-refractivity contribution in [2.24, 2.45) is 0 Å². The molecule has 0 saturated carbocycles. The Morgan fingerprint density at radius 1 is 0.926 bits per heavy atom. The van der Waals surface area contributed by atoms with Crippen LogP contribution in [0.1, 0.15) is 36.7 Å². The zero-order chi connectivity index (χ0) is 19.8. The van der Waals surface area contributed by atoms with Gasteiger partial charge in [0.25, 0.3) is 5.91 Å². The standard InChI is InChI=1S/C21H25NO5/c1-14(2)26-19-11-7-17(8-12-19)21(24)27-15(3)20(23)22-13-16-5-9-18(25-4)10-6-16/h5-12,14-15H,13H2,1-4H3,(H,22,23)/t15-/m0/s1. The molecule has 2 aromatic rings. The Morgan fingerprint density at radius 2 is 1.52 bits per heavy atom. The molecule has 1 atom stereocenters. The molecule has 0 unspecified atom stereocenters. The average Bonchev–Trinajstić information content (AvgIpc) is 2.66. The second-order valence-electron chi connectivity index (χ2n) is 6.30. The van der Waals surface area contributed by atoms with E-state index in [1.807, 2.05) is 38.1 Å². The van der Waals surface area contributed by atoms with E-state index in [9.17, 15) is 9.59 Å². The molecule has 144 valence electrons. The van der Waals surface area contributed by atoms with Crippen molar-refractivity contribution in [2.75, 3.05) is 7.11 Å². The first-order valence-electron chi connectivity index (χ1n) is 8.77. The molecular formula is C21H25NO5. The van der Waals surface area contributed by atoms with Crippen LogP contribution in [0.25, 0.3) is 0 Å². The Balaban J connectivity index is 1.84. The molecule has 0 aliphatic heterocycles. The van der Waals surface area contributed by atoms with Gasteiger partial charge in [-0.05, 0) is 62.7 Å². The number of amides is 1. The first-order valence-corrected chi connectivity index (χ1v) is 8.77. The summed E-state index contributed by atoms with van der Waals surface area (Å²) in [4.78, 5) is 24.3. The first-order chi connectivity index (χ1) is 12.9. The highest BCUT2D eigenvalue weighted by molar-refractivity contribution is 5.92. The third-order valence-corrected chi connectivity index (χ3v) is 3.74. The van der Waals surface area contributed by atoms with Gasteiger partial charge >= 0.3 is 5.97 Å². The number of nitrogens with one attached hydrogen (secondary N) is 1. The molecule has 1 amide bonds. The molecule has 0 radical (unpaired) electrons. The van der Waals surface area contributed by atoms with Crippen LogP contribution in [0.3, 0.4) is 0 Å². The normalized spacial score (nSPS) is 11.6. The van der Waals surface area contributed by atoms with Crippen molar-refractivity contribution in [3.63, 3.8) is 0 Å². The van der Waals surface area contributed by atoms with E-state index in [0.29, 0.717) is 17.9 Å². The van der Waals surface area contributed by atoms with E-state index in [2.05, 4.69) is 5.32 Å². The Kier molecular flexibility index (Phi) is 7.23. The van der Waals surface area contributed by atoms with Crippen molar-refractivity contribution >= 4 is 11.9 Å². The van der Waals surface area contributed by atoms with Gasteiger partial charge in [0.1, 0.15) is 11.5 Å². The summed E-state index contributed by atoms with van der Waals surface area (Å²) in [6.07, 6.45) is -0.848. The molecule has 27 heavy (non-hydrogen) atoms. The highest BCUT2D eigenvalue weighted by Crippen LogP contribution is 2.15. The van der Waals surface area contributed by atoms with Gasteiger partial charge in [0, 0.05) is 6.54 Å². The molecule has 6 heteroatoms. The van der Waals surface area contributed by atoms with Gasteiger partial charge in [-0.3, -0.25) is 4.79 Å². The van der Waals surface area contributed by atoms with Crippen LogP contribution < -0.4 is 14.8 Å². The number of hydrogen-bond acceptors (Lipinski definition) is 5. The van der Waals surface area contributed by atoms with E-state index in [-0.39, 0.29) is 12.0 Å². The van der Waals surface area contributed by atoms with Gasteiger partial charge in [0.05, 0.1) is 18.8 Å². The predicted molar refractivity (Wildman–Crippen MR) is 102 cm³/mol. The largest absolute Gasteiger partial charge is 0.497 e. The minimum atomic E-state index is -0.901. The number of ether oxygens (including phenoxy) is 3. The lowest BCUT2D eigenvalue weighted by atomic mass is 10.2. The topological polar surface area (TPSA) is 73.9 Å². The third-order valence-electron chi connectivity index (χ3n) is 3.74. The number of benzene rings is 2. The molecule has 2 aromatic carbocycles. The van der Waals surface area contributed by atoms with Gasteiger partial charge in [0.2, 0.25) is 0 Å². The molecule has 1 N–H and O–H groups in total. The Bertz CT molecular complexity index is 753. The fourth-order valence-electron chi connectivity index (χ4n) is 2.30. The summed E-state index contributed by atoms with van der Waals surface area (Å²) in [5, 5.41) is 2.75. The van der Waals surface area contributed by atoms with Crippen molar-refractivity contribution < 1.29 is 23.8 Å². The van der Waals surface area contributed by atoms with Crippen LogP contribution in [0.15, 0.2) is 48.5 Å². The SMILES string of the molecule is COc1ccc(CNC(=O)[C@H](C)OC(=O)c2ccc(OC(C)C)cc2)cc1. The second kappa shape index (κ2) is 9.62. The maximum Gasteiger partial charge on any atom is 0.338 e. The molecule has 0 heterocycles. The van der Waals surface area contributed by atoms with E-state index >= 15 is 0 Å². The number of carbonyl (C=O) groups is 2. The van der Waals surface area contributed by atoms with Gasteiger partial charge in [-0.15, -0.1) is 0 Å². The number of esters is 1. The number of rotatable bonds is 8. The zero-order valence-corrected chi connectivity index (χ0v) is 16.0. The first kappa shape index (κ1) is 20.3. The summed E-state index contributed by atoms with van der Waals surface area (Å²) in [5.41, 5.74) is 1.28. The highest BCUT2D eigenvalue weighted by atomic mass is 16.5. The summed E-state index contributed by atoms with van der Waals surface area (Å²) in [6, 6.07) is 14.0. The lowest BCUT2D eigenvalue weighted by Crippen LogP contribution is -2.35. The number of carbonyl (C=O) groups excluding carboxylic acids is 2. The monoisotopic (exact) mass is 371 g/mol. The van der Waals surface area contributed by atoms with Gasteiger partial charge in [-0.1, -0.05) is 12.1 Å². The molecule has 0 aromatic heterocycles. The molecular weight excluding hydrogens is 346 g/mol. The second-order valence-corrected chi connectivity index (χ2v) is 6.30. The Labute approximate surface area is 159 Å². The summed E-state index contributed by atoms with van der Waals surface area (Å²) >= 11 is 0. The molecule has 0 saturated heterocycles. The summed E-state index contributed by atoms with van der Waals surface area (Å²) < 4.78 is 15.9. The van der Waals surface area contributed by atoms with Crippen molar-refractivity contribution in [3.05, 3.63) is 59.7 Å². The van der Waals surface area contributed by atoms with E-state index in [1.165, 1.54) is 6.92 Å². The molecule has 0 bridgehead atoms. The summed E-state index contributed by atoms with van der Waals surface area (Å²) in [5.74, 6) is 0.501. The smallest absolute Gasteiger partial charge is 0.338 e. The van der Waals surface area contributed by atoms with Gasteiger partial charge < -0.3 is 19.5 Å². The highest BCUT2D eigenvalue weighted by Gasteiger charge is 2.18. The van der Waals surface area contributed by atoms with E-state index in [4.69, 9.17) is 14.2 Å². The van der Waals surface area contributed by atoms with Crippen LogP contribution in [-0.4, -0.2) is 31.2 Å². The minimum absolute atomic E-state index is 0.0530. The van der Waals surface area contributed by atoms with Crippen LogP contribution in [0.5, 0.6) is 11.5 Å². The van der Waals surface area contributed by atoms with Gasteiger partial charge in [-0.2, -0.15) is 0 Å². The van der Waals surface area contributed by atoms with Crippen LogP contribution in [0.4, 0.5) is 0 Å². The van der Waals surface area contributed by atoms with Gasteiger partial charge in [0.15, 0.2) is 6.10 Å². The lowest BCUT2D eigenvalue weighted by Gasteiger charge is -2.14. The molecule has 0 spiro atoms. The third kappa shape index (κ3) is 6.33. The molecule has 0 aliphatic rings. The van der Waals surface area contributed by atoms with Crippen molar-refractivity contribution in [1.82, 2.24) is 5.32 Å².